The van der Waals surface area contributed by atoms with Crippen LogP contribution in [0.4, 0.5) is 5.69 Å². The van der Waals surface area contributed by atoms with Gasteiger partial charge in [0.1, 0.15) is 0 Å². The van der Waals surface area contributed by atoms with E-state index in [9.17, 15) is 9.59 Å². The molecule has 6 nitrogen and oxygen atoms in total. The van der Waals surface area contributed by atoms with Crippen molar-refractivity contribution in [1.29, 1.82) is 0 Å². The zero-order valence-electron chi connectivity index (χ0n) is 15.7. The molecule has 0 saturated carbocycles. The number of aromatic nitrogens is 3. The van der Waals surface area contributed by atoms with Crippen molar-refractivity contribution >= 4 is 22.4 Å². The van der Waals surface area contributed by atoms with Crippen LogP contribution in [0.2, 0.25) is 0 Å². The summed E-state index contributed by atoms with van der Waals surface area (Å²) in [5.74, 6) is -0.300. The molecule has 0 fully saturated rings. The molecule has 0 atom stereocenters. The van der Waals surface area contributed by atoms with Crippen molar-refractivity contribution in [1.82, 2.24) is 14.3 Å². The van der Waals surface area contributed by atoms with Gasteiger partial charge < -0.3 is 5.32 Å². The van der Waals surface area contributed by atoms with E-state index in [0.29, 0.717) is 23.1 Å². The van der Waals surface area contributed by atoms with Crippen LogP contribution in [-0.2, 0) is 13.5 Å². The normalized spacial score (nSPS) is 10.9. The van der Waals surface area contributed by atoms with Crippen molar-refractivity contribution in [2.45, 2.75) is 13.3 Å². The third kappa shape index (κ3) is 3.09. The summed E-state index contributed by atoms with van der Waals surface area (Å²) in [6, 6.07) is 17.0. The minimum Gasteiger partial charge on any atom is -0.321 e. The Morgan fingerprint density at radius 2 is 1.89 bits per heavy atom. The number of aryl methyl sites for hydroxylation is 2. The fourth-order valence-electron chi connectivity index (χ4n) is 3.37. The number of carbonyl (C=O) groups is 1. The molecule has 140 valence electrons. The Hall–Kier alpha value is -3.67. The predicted octanol–water partition coefficient (Wildman–Crippen LogP) is 3.54. The zero-order chi connectivity index (χ0) is 19.7. The van der Waals surface area contributed by atoms with Gasteiger partial charge in [0.2, 0.25) is 0 Å². The lowest BCUT2D eigenvalue weighted by molar-refractivity contribution is 0.102. The van der Waals surface area contributed by atoms with Gasteiger partial charge in [-0.1, -0.05) is 37.3 Å². The summed E-state index contributed by atoms with van der Waals surface area (Å²) in [4.78, 5) is 26.0. The Labute approximate surface area is 162 Å². The molecule has 0 aliphatic heterocycles. The van der Waals surface area contributed by atoms with Crippen LogP contribution in [-0.4, -0.2) is 20.3 Å². The molecule has 28 heavy (non-hydrogen) atoms. The van der Waals surface area contributed by atoms with E-state index in [1.807, 2.05) is 55.5 Å². The molecule has 0 saturated heterocycles. The minimum absolute atomic E-state index is 0.150. The Bertz CT molecular complexity index is 1220. The number of benzene rings is 2. The molecule has 2 heterocycles. The highest BCUT2D eigenvalue weighted by Gasteiger charge is 2.15. The van der Waals surface area contributed by atoms with E-state index in [4.69, 9.17) is 0 Å². The summed E-state index contributed by atoms with van der Waals surface area (Å²) in [6.07, 6.45) is 3.85. The van der Waals surface area contributed by atoms with Crippen molar-refractivity contribution in [2.24, 2.45) is 7.05 Å². The molecule has 0 bridgehead atoms. The van der Waals surface area contributed by atoms with Crippen molar-refractivity contribution in [2.75, 3.05) is 5.32 Å². The molecular weight excluding hydrogens is 352 g/mol. The van der Waals surface area contributed by atoms with Crippen molar-refractivity contribution in [3.63, 3.8) is 0 Å². The van der Waals surface area contributed by atoms with Crippen LogP contribution in [0.1, 0.15) is 23.0 Å². The first-order chi connectivity index (χ1) is 13.6. The fourth-order valence-corrected chi connectivity index (χ4v) is 3.37. The SMILES string of the molecule is CCc1cc2cccc(NC(=O)c3cnn(C)c3)c2c(=O)n1-c1ccccc1. The molecule has 4 aromatic rings. The van der Waals surface area contributed by atoms with Gasteiger partial charge in [-0.3, -0.25) is 18.8 Å². The molecule has 0 spiro atoms. The van der Waals surface area contributed by atoms with E-state index < -0.39 is 0 Å². The Morgan fingerprint density at radius 3 is 2.57 bits per heavy atom. The molecule has 6 heteroatoms. The average molecular weight is 372 g/mol. The lowest BCUT2D eigenvalue weighted by atomic mass is 10.1. The van der Waals surface area contributed by atoms with Crippen LogP contribution < -0.4 is 10.9 Å². The van der Waals surface area contributed by atoms with Gasteiger partial charge in [0.25, 0.3) is 11.5 Å². The number of pyridine rings is 1. The van der Waals surface area contributed by atoms with Crippen LogP contribution in [0.5, 0.6) is 0 Å². The number of nitrogens with one attached hydrogen (secondary N) is 1. The van der Waals surface area contributed by atoms with E-state index in [2.05, 4.69) is 10.4 Å². The highest BCUT2D eigenvalue weighted by Crippen LogP contribution is 2.23. The minimum atomic E-state index is -0.300. The Morgan fingerprint density at radius 1 is 1.11 bits per heavy atom. The Kier molecular flexibility index (Phi) is 4.53. The number of hydrogen-bond donors (Lipinski definition) is 1. The van der Waals surface area contributed by atoms with Gasteiger partial charge in [-0.15, -0.1) is 0 Å². The van der Waals surface area contributed by atoms with Gasteiger partial charge >= 0.3 is 0 Å². The summed E-state index contributed by atoms with van der Waals surface area (Å²) < 4.78 is 3.27. The first-order valence-electron chi connectivity index (χ1n) is 9.11. The number of fused-ring (bicyclic) bond motifs is 1. The summed E-state index contributed by atoms with van der Waals surface area (Å²) in [7, 11) is 1.75. The molecular formula is C22H20N4O2. The molecule has 2 aromatic carbocycles. The van der Waals surface area contributed by atoms with E-state index in [0.717, 1.165) is 16.8 Å². The monoisotopic (exact) mass is 372 g/mol. The number of anilines is 1. The average Bonchev–Trinajstić information content (AvgIpc) is 3.15. The smallest absolute Gasteiger partial charge is 0.265 e. The summed E-state index contributed by atoms with van der Waals surface area (Å²) in [5, 5.41) is 8.18. The van der Waals surface area contributed by atoms with Gasteiger partial charge in [-0.25, -0.2) is 0 Å². The van der Waals surface area contributed by atoms with Gasteiger partial charge in [0.15, 0.2) is 0 Å². The maximum absolute atomic E-state index is 13.4. The van der Waals surface area contributed by atoms with E-state index in [1.54, 1.807) is 28.6 Å². The second-order valence-corrected chi connectivity index (χ2v) is 6.59. The number of para-hydroxylation sites is 1. The third-order valence-corrected chi connectivity index (χ3v) is 4.71. The summed E-state index contributed by atoms with van der Waals surface area (Å²) in [5.41, 5.74) is 2.50. The van der Waals surface area contributed by atoms with E-state index in [1.165, 1.54) is 6.20 Å². The lowest BCUT2D eigenvalue weighted by Crippen LogP contribution is -2.23. The molecule has 2 aromatic heterocycles. The maximum atomic E-state index is 13.4. The van der Waals surface area contributed by atoms with Crippen molar-refractivity contribution in [3.05, 3.63) is 88.6 Å². The van der Waals surface area contributed by atoms with Crippen LogP contribution in [0.3, 0.4) is 0 Å². The van der Waals surface area contributed by atoms with Crippen LogP contribution >= 0.6 is 0 Å². The van der Waals surface area contributed by atoms with Crippen LogP contribution in [0.15, 0.2) is 71.8 Å². The number of hydrogen-bond acceptors (Lipinski definition) is 3. The van der Waals surface area contributed by atoms with E-state index >= 15 is 0 Å². The molecule has 0 aliphatic rings. The maximum Gasteiger partial charge on any atom is 0.265 e. The topological polar surface area (TPSA) is 68.9 Å². The highest BCUT2D eigenvalue weighted by molar-refractivity contribution is 6.08. The van der Waals surface area contributed by atoms with Gasteiger partial charge in [-0.05, 0) is 36.1 Å². The highest BCUT2D eigenvalue weighted by atomic mass is 16.2. The molecule has 4 rings (SSSR count). The standard InChI is InChI=1S/C22H20N4O2/c1-3-17-12-15-8-7-11-19(24-21(27)16-13-23-25(2)14-16)20(15)22(28)26(17)18-9-5-4-6-10-18/h4-14H,3H2,1-2H3,(H,24,27). The second-order valence-electron chi connectivity index (χ2n) is 6.59. The van der Waals surface area contributed by atoms with Crippen LogP contribution in [0.25, 0.3) is 16.5 Å². The zero-order valence-corrected chi connectivity index (χ0v) is 15.7. The van der Waals surface area contributed by atoms with E-state index in [-0.39, 0.29) is 11.5 Å². The van der Waals surface area contributed by atoms with Crippen LogP contribution in [0, 0.1) is 0 Å². The predicted molar refractivity (Wildman–Crippen MR) is 110 cm³/mol. The quantitative estimate of drug-likeness (QED) is 0.596. The third-order valence-electron chi connectivity index (χ3n) is 4.71. The van der Waals surface area contributed by atoms with Crippen molar-refractivity contribution in [3.8, 4) is 5.69 Å². The molecule has 0 aliphatic carbocycles. The largest absolute Gasteiger partial charge is 0.321 e. The van der Waals surface area contributed by atoms with Crippen molar-refractivity contribution < 1.29 is 4.79 Å². The Balaban J connectivity index is 1.89. The first kappa shape index (κ1) is 17.7. The van der Waals surface area contributed by atoms with Gasteiger partial charge in [0, 0.05) is 24.6 Å². The first-order valence-corrected chi connectivity index (χ1v) is 9.11. The lowest BCUT2D eigenvalue weighted by Gasteiger charge is -2.15. The number of carbonyl (C=O) groups excluding carboxylic acids is 1. The molecule has 1 N–H and O–H groups in total. The van der Waals surface area contributed by atoms with Gasteiger partial charge in [-0.2, -0.15) is 5.10 Å². The number of rotatable bonds is 4. The van der Waals surface area contributed by atoms with Gasteiger partial charge in [0.05, 0.1) is 22.8 Å². The number of amides is 1. The second kappa shape index (κ2) is 7.15. The molecule has 0 radical (unpaired) electrons. The molecule has 0 unspecified atom stereocenters. The number of nitrogens with zero attached hydrogens (tertiary/aromatic N) is 3. The molecule has 1 amide bonds. The summed E-state index contributed by atoms with van der Waals surface area (Å²) >= 11 is 0. The fraction of sp³-hybridized carbons (Fsp3) is 0.136. The summed E-state index contributed by atoms with van der Waals surface area (Å²) in [6.45, 7) is 2.02.